The average molecular weight is 307 g/mol. The Morgan fingerprint density at radius 1 is 1.19 bits per heavy atom. The lowest BCUT2D eigenvalue weighted by Crippen LogP contribution is -2.30. The molecule has 1 aromatic heterocycles. The Morgan fingerprint density at radius 2 is 1.90 bits per heavy atom. The van der Waals surface area contributed by atoms with Gasteiger partial charge in [0.25, 0.3) is 0 Å². The van der Waals surface area contributed by atoms with Gasteiger partial charge in [0.05, 0.1) is 6.61 Å². The van der Waals surface area contributed by atoms with Gasteiger partial charge in [-0.3, -0.25) is 15.6 Å². The van der Waals surface area contributed by atoms with Gasteiger partial charge in [-0.05, 0) is 36.8 Å². The molecule has 1 amide bonds. The lowest BCUT2D eigenvalue weighted by molar-refractivity contribution is -0.120. The molecule has 2 rings (SSSR count). The zero-order chi connectivity index (χ0) is 14.9. The number of nitrogens with one attached hydrogen (secondary N) is 2. The summed E-state index contributed by atoms with van der Waals surface area (Å²) in [6.07, 6.45) is 4.11. The molecule has 0 saturated carbocycles. The highest BCUT2D eigenvalue weighted by molar-refractivity contribution is 6.30. The largest absolute Gasteiger partial charge is 0.494 e. The van der Waals surface area contributed by atoms with Crippen LogP contribution in [0.3, 0.4) is 0 Å². The van der Waals surface area contributed by atoms with Crippen molar-refractivity contribution >= 4 is 23.5 Å². The second-order valence-corrected chi connectivity index (χ2v) is 4.59. The van der Waals surface area contributed by atoms with E-state index in [9.17, 15) is 4.79 Å². The van der Waals surface area contributed by atoms with Gasteiger partial charge in [0.1, 0.15) is 5.75 Å². The molecule has 0 bridgehead atoms. The van der Waals surface area contributed by atoms with E-state index in [1.165, 1.54) is 0 Å². The monoisotopic (exact) mass is 306 g/mol. The Morgan fingerprint density at radius 3 is 2.62 bits per heavy atom. The molecule has 1 heterocycles. The predicted molar refractivity (Wildman–Crippen MR) is 80.0 cm³/mol. The smallest absolute Gasteiger partial charge is 0.241 e. The molecule has 110 valence electrons. The third-order valence-electron chi connectivity index (χ3n) is 2.51. The molecule has 0 saturated heterocycles. The number of benzene rings is 1. The molecule has 1 aromatic carbocycles. The van der Waals surface area contributed by atoms with Crippen LogP contribution in [0, 0.1) is 0 Å². The third kappa shape index (κ3) is 5.66. The summed E-state index contributed by atoms with van der Waals surface area (Å²) in [5, 5.41) is 0.663. The fourth-order valence-electron chi connectivity index (χ4n) is 1.51. The van der Waals surface area contributed by atoms with E-state index >= 15 is 0 Å². The molecule has 0 unspecified atom stereocenters. The molecule has 0 spiro atoms. The minimum atomic E-state index is -0.151. The number of aromatic nitrogens is 2. The van der Waals surface area contributed by atoms with Gasteiger partial charge in [-0.1, -0.05) is 11.6 Å². The molecule has 0 aliphatic rings. The maximum atomic E-state index is 11.6. The minimum absolute atomic E-state index is 0.151. The molecule has 0 fully saturated rings. The van der Waals surface area contributed by atoms with Crippen LogP contribution < -0.4 is 15.6 Å². The number of hydrogen-bond donors (Lipinski definition) is 2. The van der Waals surface area contributed by atoms with Gasteiger partial charge in [-0.15, -0.1) is 0 Å². The molecule has 0 aliphatic carbocycles. The van der Waals surface area contributed by atoms with Crippen LogP contribution >= 0.6 is 11.6 Å². The van der Waals surface area contributed by atoms with E-state index in [2.05, 4.69) is 20.8 Å². The summed E-state index contributed by atoms with van der Waals surface area (Å²) < 4.78 is 5.49. The van der Waals surface area contributed by atoms with Gasteiger partial charge in [0.15, 0.2) is 0 Å². The molecule has 0 radical (unpaired) electrons. The van der Waals surface area contributed by atoms with E-state index in [4.69, 9.17) is 16.3 Å². The van der Waals surface area contributed by atoms with Crippen molar-refractivity contribution < 1.29 is 9.53 Å². The molecule has 2 aromatic rings. The number of hydrazine groups is 1. The Balaban J connectivity index is 1.60. The number of carbonyl (C=O) groups is 1. The summed E-state index contributed by atoms with van der Waals surface area (Å²) in [5.74, 6) is 0.932. The summed E-state index contributed by atoms with van der Waals surface area (Å²) in [6, 6.07) is 8.79. The van der Waals surface area contributed by atoms with Crippen LogP contribution in [0.5, 0.6) is 5.75 Å². The molecular weight excluding hydrogens is 292 g/mol. The van der Waals surface area contributed by atoms with Crippen LogP contribution in [0.4, 0.5) is 5.95 Å². The summed E-state index contributed by atoms with van der Waals surface area (Å²) in [4.78, 5) is 19.4. The SMILES string of the molecule is O=C(CCCOc1ccc(Cl)cc1)NNc1ncccn1. The van der Waals surface area contributed by atoms with E-state index < -0.39 is 0 Å². The predicted octanol–water partition coefficient (Wildman–Crippen LogP) is 2.43. The highest BCUT2D eigenvalue weighted by Gasteiger charge is 2.02. The number of ether oxygens (including phenoxy) is 1. The number of amides is 1. The van der Waals surface area contributed by atoms with Gasteiger partial charge in [0, 0.05) is 23.8 Å². The number of rotatable bonds is 7. The maximum Gasteiger partial charge on any atom is 0.241 e. The zero-order valence-corrected chi connectivity index (χ0v) is 12.0. The zero-order valence-electron chi connectivity index (χ0n) is 11.3. The fourth-order valence-corrected chi connectivity index (χ4v) is 1.63. The first-order valence-electron chi connectivity index (χ1n) is 6.44. The van der Waals surface area contributed by atoms with Crippen LogP contribution in [-0.4, -0.2) is 22.5 Å². The Hall–Kier alpha value is -2.34. The van der Waals surface area contributed by atoms with Crippen molar-refractivity contribution in [2.45, 2.75) is 12.8 Å². The Bertz CT molecular complexity index is 563. The van der Waals surface area contributed by atoms with E-state index in [-0.39, 0.29) is 5.91 Å². The van der Waals surface area contributed by atoms with Crippen LogP contribution in [-0.2, 0) is 4.79 Å². The topological polar surface area (TPSA) is 76.1 Å². The van der Waals surface area contributed by atoms with Crippen LogP contribution in [0.1, 0.15) is 12.8 Å². The van der Waals surface area contributed by atoms with Gasteiger partial charge in [-0.2, -0.15) is 0 Å². The number of hydrogen-bond acceptors (Lipinski definition) is 5. The Kier molecular flexibility index (Phi) is 5.78. The average Bonchev–Trinajstić information content (AvgIpc) is 2.52. The molecule has 2 N–H and O–H groups in total. The van der Waals surface area contributed by atoms with Crippen LogP contribution in [0.15, 0.2) is 42.7 Å². The van der Waals surface area contributed by atoms with Gasteiger partial charge in [0.2, 0.25) is 11.9 Å². The highest BCUT2D eigenvalue weighted by atomic mass is 35.5. The van der Waals surface area contributed by atoms with E-state index in [0.717, 1.165) is 5.75 Å². The van der Waals surface area contributed by atoms with E-state index in [1.807, 2.05) is 0 Å². The van der Waals surface area contributed by atoms with Crippen molar-refractivity contribution in [1.82, 2.24) is 15.4 Å². The van der Waals surface area contributed by atoms with Gasteiger partial charge in [-0.25, -0.2) is 9.97 Å². The number of halogens is 1. The van der Waals surface area contributed by atoms with E-state index in [0.29, 0.717) is 30.4 Å². The first kappa shape index (κ1) is 15.1. The summed E-state index contributed by atoms with van der Waals surface area (Å²) >= 11 is 5.77. The van der Waals surface area contributed by atoms with Crippen LogP contribution in [0.2, 0.25) is 5.02 Å². The van der Waals surface area contributed by atoms with Crippen molar-refractivity contribution in [3.05, 3.63) is 47.7 Å². The van der Waals surface area contributed by atoms with Crippen molar-refractivity contribution in [2.24, 2.45) is 0 Å². The molecule has 7 heteroatoms. The molecule has 0 atom stereocenters. The lowest BCUT2D eigenvalue weighted by Gasteiger charge is -2.07. The number of nitrogens with zero attached hydrogens (tertiary/aromatic N) is 2. The van der Waals surface area contributed by atoms with Gasteiger partial charge < -0.3 is 4.74 Å². The lowest BCUT2D eigenvalue weighted by atomic mass is 10.3. The maximum absolute atomic E-state index is 11.6. The molecular formula is C14H15ClN4O2. The standard InChI is InChI=1S/C14H15ClN4O2/c15-11-4-6-12(7-5-11)21-10-1-3-13(20)18-19-14-16-8-2-9-17-14/h2,4-9H,1,3,10H2,(H,18,20)(H,16,17,19). The quantitative estimate of drug-likeness (QED) is 0.607. The first-order valence-corrected chi connectivity index (χ1v) is 6.82. The number of anilines is 1. The normalized spacial score (nSPS) is 9.95. The molecule has 0 aliphatic heterocycles. The Labute approximate surface area is 127 Å². The summed E-state index contributed by atoms with van der Waals surface area (Å²) in [7, 11) is 0. The minimum Gasteiger partial charge on any atom is -0.494 e. The summed E-state index contributed by atoms with van der Waals surface area (Å²) in [5.41, 5.74) is 5.15. The van der Waals surface area contributed by atoms with Gasteiger partial charge >= 0.3 is 0 Å². The fraction of sp³-hybridized carbons (Fsp3) is 0.214. The van der Waals surface area contributed by atoms with Crippen molar-refractivity contribution in [2.75, 3.05) is 12.0 Å². The van der Waals surface area contributed by atoms with Crippen molar-refractivity contribution in [3.63, 3.8) is 0 Å². The summed E-state index contributed by atoms with van der Waals surface area (Å²) in [6.45, 7) is 0.455. The van der Waals surface area contributed by atoms with Crippen molar-refractivity contribution in [1.29, 1.82) is 0 Å². The number of carbonyl (C=O) groups excluding carboxylic acids is 1. The first-order chi connectivity index (χ1) is 10.2. The molecule has 21 heavy (non-hydrogen) atoms. The second kappa shape index (κ2) is 8.06. The van der Waals surface area contributed by atoms with Crippen molar-refractivity contribution in [3.8, 4) is 5.75 Å². The van der Waals surface area contributed by atoms with Crippen LogP contribution in [0.25, 0.3) is 0 Å². The van der Waals surface area contributed by atoms with E-state index in [1.54, 1.807) is 42.7 Å². The highest BCUT2D eigenvalue weighted by Crippen LogP contribution is 2.15. The molecule has 6 nitrogen and oxygen atoms in total. The second-order valence-electron chi connectivity index (χ2n) is 4.15. The third-order valence-corrected chi connectivity index (χ3v) is 2.76.